The van der Waals surface area contributed by atoms with E-state index in [4.69, 9.17) is 11.6 Å². The predicted octanol–water partition coefficient (Wildman–Crippen LogP) is 4.92. The van der Waals surface area contributed by atoms with Crippen LogP contribution in [0.4, 0.5) is 0 Å². The van der Waals surface area contributed by atoms with Crippen molar-refractivity contribution in [3.05, 3.63) is 66.4 Å². The summed E-state index contributed by atoms with van der Waals surface area (Å²) in [5.74, 6) is 0. The number of aromatic nitrogens is 1. The first-order valence-corrected chi connectivity index (χ1v) is 7.02. The zero-order chi connectivity index (χ0) is 14.4. The molecule has 1 heterocycles. The number of benzene rings is 3. The van der Waals surface area contributed by atoms with Gasteiger partial charge in [-0.05, 0) is 33.8 Å². The Balaban J connectivity index is 2.23. The summed E-state index contributed by atoms with van der Waals surface area (Å²) in [6.45, 7) is 0. The fraction of sp³-hybridized carbons (Fsp3) is 0. The van der Waals surface area contributed by atoms with Crippen molar-refractivity contribution in [2.24, 2.45) is 0 Å². The highest BCUT2D eigenvalue weighted by Gasteiger charge is 2.11. The average Bonchev–Trinajstić information content (AvgIpc) is 2.53. The molecule has 3 heteroatoms. The minimum Gasteiger partial charge on any atom is -0.276 e. The average molecular weight is 292 g/mol. The van der Waals surface area contributed by atoms with Crippen LogP contribution in [0.15, 0.2) is 60.8 Å². The SMILES string of the molecule is O=C(Cl)c1ccnc2c1ccc1c3ccccc3ccc12. The first-order chi connectivity index (χ1) is 10.3. The number of hydrogen-bond donors (Lipinski definition) is 0. The van der Waals surface area contributed by atoms with Crippen molar-refractivity contribution in [3.8, 4) is 0 Å². The minimum absolute atomic E-state index is 0.456. The van der Waals surface area contributed by atoms with Gasteiger partial charge in [-0.1, -0.05) is 48.5 Å². The van der Waals surface area contributed by atoms with E-state index >= 15 is 0 Å². The summed E-state index contributed by atoms with van der Waals surface area (Å²) in [4.78, 5) is 16.0. The fourth-order valence-electron chi connectivity index (χ4n) is 2.88. The topological polar surface area (TPSA) is 30.0 Å². The molecule has 21 heavy (non-hydrogen) atoms. The molecule has 0 saturated heterocycles. The maximum Gasteiger partial charge on any atom is 0.253 e. The molecule has 3 aromatic carbocycles. The van der Waals surface area contributed by atoms with Gasteiger partial charge in [0.1, 0.15) is 0 Å². The van der Waals surface area contributed by atoms with Gasteiger partial charge >= 0.3 is 0 Å². The van der Waals surface area contributed by atoms with Crippen molar-refractivity contribution in [1.29, 1.82) is 0 Å². The van der Waals surface area contributed by atoms with E-state index in [1.165, 1.54) is 10.8 Å². The maximum absolute atomic E-state index is 11.5. The molecular weight excluding hydrogens is 282 g/mol. The van der Waals surface area contributed by atoms with Gasteiger partial charge in [0.2, 0.25) is 0 Å². The van der Waals surface area contributed by atoms with Crippen LogP contribution in [0.1, 0.15) is 10.4 Å². The standard InChI is InChI=1S/C18H10ClNO/c19-18(21)16-9-10-20-17-14-6-5-11-3-1-2-4-12(11)13(14)7-8-15(16)17/h1-10H. The molecule has 0 radical (unpaired) electrons. The third-order valence-corrected chi connectivity index (χ3v) is 4.05. The van der Waals surface area contributed by atoms with Crippen molar-refractivity contribution >= 4 is 49.3 Å². The molecule has 2 nitrogen and oxygen atoms in total. The second kappa shape index (κ2) is 4.54. The van der Waals surface area contributed by atoms with Crippen molar-refractivity contribution in [1.82, 2.24) is 4.98 Å². The lowest BCUT2D eigenvalue weighted by Gasteiger charge is -2.08. The Bertz CT molecular complexity index is 1020. The third kappa shape index (κ3) is 1.80. The monoisotopic (exact) mass is 291 g/mol. The van der Waals surface area contributed by atoms with E-state index in [0.717, 1.165) is 21.7 Å². The van der Waals surface area contributed by atoms with Crippen LogP contribution in [0.3, 0.4) is 0 Å². The molecule has 0 unspecified atom stereocenters. The zero-order valence-electron chi connectivity index (χ0n) is 11.0. The first kappa shape index (κ1) is 12.3. The Kier molecular flexibility index (Phi) is 2.66. The van der Waals surface area contributed by atoms with Gasteiger partial charge in [0.05, 0.1) is 5.52 Å². The smallest absolute Gasteiger partial charge is 0.253 e. The van der Waals surface area contributed by atoms with E-state index in [0.29, 0.717) is 5.56 Å². The maximum atomic E-state index is 11.5. The minimum atomic E-state index is -0.456. The summed E-state index contributed by atoms with van der Waals surface area (Å²) in [7, 11) is 0. The summed E-state index contributed by atoms with van der Waals surface area (Å²) < 4.78 is 0. The highest BCUT2D eigenvalue weighted by Crippen LogP contribution is 2.31. The lowest BCUT2D eigenvalue weighted by molar-refractivity contribution is 0.108. The number of nitrogens with zero attached hydrogens (tertiary/aromatic N) is 1. The van der Waals surface area contributed by atoms with E-state index in [2.05, 4.69) is 29.2 Å². The summed E-state index contributed by atoms with van der Waals surface area (Å²) in [6.07, 6.45) is 1.63. The molecule has 0 bridgehead atoms. The van der Waals surface area contributed by atoms with Crippen molar-refractivity contribution in [3.63, 3.8) is 0 Å². The van der Waals surface area contributed by atoms with Crippen LogP contribution >= 0.6 is 11.6 Å². The second-order valence-electron chi connectivity index (χ2n) is 4.98. The first-order valence-electron chi connectivity index (χ1n) is 6.65. The van der Waals surface area contributed by atoms with Gasteiger partial charge in [-0.15, -0.1) is 0 Å². The number of rotatable bonds is 1. The number of halogens is 1. The molecule has 0 amide bonds. The van der Waals surface area contributed by atoms with Gasteiger partial charge in [0.25, 0.3) is 5.24 Å². The van der Waals surface area contributed by atoms with Crippen LogP contribution in [-0.4, -0.2) is 10.2 Å². The zero-order valence-corrected chi connectivity index (χ0v) is 11.8. The molecule has 0 aliphatic rings. The summed E-state index contributed by atoms with van der Waals surface area (Å²) in [6, 6.07) is 18.0. The number of hydrogen-bond acceptors (Lipinski definition) is 2. The normalized spacial score (nSPS) is 11.3. The number of carbonyl (C=O) groups is 1. The van der Waals surface area contributed by atoms with Crippen LogP contribution in [-0.2, 0) is 0 Å². The van der Waals surface area contributed by atoms with E-state index in [9.17, 15) is 4.79 Å². The highest BCUT2D eigenvalue weighted by molar-refractivity contribution is 6.68. The summed E-state index contributed by atoms with van der Waals surface area (Å²) >= 11 is 5.66. The second-order valence-corrected chi connectivity index (χ2v) is 5.32. The van der Waals surface area contributed by atoms with Crippen molar-refractivity contribution in [2.45, 2.75) is 0 Å². The van der Waals surface area contributed by atoms with Crippen LogP contribution in [0, 0.1) is 0 Å². The van der Waals surface area contributed by atoms with Gasteiger partial charge in [-0.3, -0.25) is 9.78 Å². The van der Waals surface area contributed by atoms with E-state index < -0.39 is 5.24 Å². The van der Waals surface area contributed by atoms with Gasteiger partial charge in [0, 0.05) is 22.5 Å². The Labute approximate surface area is 126 Å². The van der Waals surface area contributed by atoms with Crippen LogP contribution < -0.4 is 0 Å². The quantitative estimate of drug-likeness (QED) is 0.368. The molecule has 0 spiro atoms. The molecule has 100 valence electrons. The molecule has 4 aromatic rings. The molecule has 0 N–H and O–H groups in total. The molecule has 0 aliphatic carbocycles. The van der Waals surface area contributed by atoms with E-state index in [-0.39, 0.29) is 0 Å². The van der Waals surface area contributed by atoms with Gasteiger partial charge < -0.3 is 0 Å². The largest absolute Gasteiger partial charge is 0.276 e. The predicted molar refractivity (Wildman–Crippen MR) is 86.9 cm³/mol. The Morgan fingerprint density at radius 1 is 0.810 bits per heavy atom. The van der Waals surface area contributed by atoms with Gasteiger partial charge in [0.15, 0.2) is 0 Å². The molecule has 0 aliphatic heterocycles. The van der Waals surface area contributed by atoms with Gasteiger partial charge in [-0.2, -0.15) is 0 Å². The van der Waals surface area contributed by atoms with Crippen LogP contribution in [0.5, 0.6) is 0 Å². The molecule has 0 fully saturated rings. The van der Waals surface area contributed by atoms with E-state index in [1.54, 1.807) is 12.3 Å². The highest BCUT2D eigenvalue weighted by atomic mass is 35.5. The van der Waals surface area contributed by atoms with Crippen molar-refractivity contribution in [2.75, 3.05) is 0 Å². The fourth-order valence-corrected chi connectivity index (χ4v) is 3.04. The van der Waals surface area contributed by atoms with E-state index in [1.807, 2.05) is 24.3 Å². The van der Waals surface area contributed by atoms with Crippen LogP contribution in [0.25, 0.3) is 32.4 Å². The molecule has 0 atom stereocenters. The van der Waals surface area contributed by atoms with Crippen molar-refractivity contribution < 1.29 is 4.79 Å². The third-order valence-electron chi connectivity index (χ3n) is 3.84. The van der Waals surface area contributed by atoms with Gasteiger partial charge in [-0.25, -0.2) is 0 Å². The number of carbonyl (C=O) groups excluding carboxylic acids is 1. The summed E-state index contributed by atoms with van der Waals surface area (Å²) in [5, 5.41) is 4.87. The van der Waals surface area contributed by atoms with Crippen LogP contribution in [0.2, 0.25) is 0 Å². The Morgan fingerprint density at radius 2 is 1.57 bits per heavy atom. The Morgan fingerprint density at radius 3 is 2.43 bits per heavy atom. The molecular formula is C18H10ClNO. The molecule has 0 saturated carbocycles. The summed E-state index contributed by atoms with van der Waals surface area (Å²) in [5.41, 5.74) is 1.31. The Hall–Kier alpha value is -2.45. The molecule has 1 aromatic heterocycles. The number of pyridine rings is 1. The lowest BCUT2D eigenvalue weighted by atomic mass is 9.98. The lowest BCUT2D eigenvalue weighted by Crippen LogP contribution is -1.93. The molecule has 4 rings (SSSR count). The number of fused-ring (bicyclic) bond motifs is 5.